The molecule has 0 unspecified atom stereocenters. The summed E-state index contributed by atoms with van der Waals surface area (Å²) in [6, 6.07) is 0. The van der Waals surface area contributed by atoms with Crippen molar-refractivity contribution in [2.75, 3.05) is 6.61 Å². The number of carbonyl (C=O) groups excluding carboxylic acids is 1. The van der Waals surface area contributed by atoms with Crippen LogP contribution in [0.1, 0.15) is 155 Å². The first-order valence-electron chi connectivity index (χ1n) is 14.1. The van der Waals surface area contributed by atoms with E-state index in [0.29, 0.717) is 25.2 Å². The number of hydrogen-bond donors (Lipinski definition) is 0. The molecule has 0 aromatic heterocycles. The zero-order valence-corrected chi connectivity index (χ0v) is 21.1. The second-order valence-corrected chi connectivity index (χ2v) is 9.77. The summed E-state index contributed by atoms with van der Waals surface area (Å²) in [7, 11) is 0. The van der Waals surface area contributed by atoms with Gasteiger partial charge in [-0.25, -0.2) is 0 Å². The molecule has 2 atom stereocenters. The average Bonchev–Trinajstić information content (AvgIpc) is 3.52. The smallest absolute Gasteiger partial charge is 0.305 e. The molecule has 1 fully saturated rings. The first kappa shape index (κ1) is 28.5. The zero-order chi connectivity index (χ0) is 22.4. The van der Waals surface area contributed by atoms with Gasteiger partial charge in [0.05, 0.1) is 18.8 Å². The minimum absolute atomic E-state index is 0.00788. The quantitative estimate of drug-likeness (QED) is 0.0857. The third kappa shape index (κ3) is 18.7. The van der Waals surface area contributed by atoms with E-state index in [0.717, 1.165) is 12.8 Å². The molecular formula is C28H54O3. The van der Waals surface area contributed by atoms with Gasteiger partial charge in [0.2, 0.25) is 0 Å². The van der Waals surface area contributed by atoms with Gasteiger partial charge in [-0.05, 0) is 25.7 Å². The molecule has 184 valence electrons. The summed E-state index contributed by atoms with van der Waals surface area (Å²) in [4.78, 5) is 11.7. The summed E-state index contributed by atoms with van der Waals surface area (Å²) < 4.78 is 11.2. The Morgan fingerprint density at radius 2 is 1.00 bits per heavy atom. The molecule has 0 saturated carbocycles. The predicted molar refractivity (Wildman–Crippen MR) is 133 cm³/mol. The van der Waals surface area contributed by atoms with Crippen LogP contribution in [0.2, 0.25) is 0 Å². The Morgan fingerprint density at radius 3 is 1.52 bits per heavy atom. The molecule has 1 aliphatic rings. The van der Waals surface area contributed by atoms with Gasteiger partial charge in [0, 0.05) is 6.42 Å². The van der Waals surface area contributed by atoms with E-state index in [1.165, 1.54) is 122 Å². The largest absolute Gasteiger partial charge is 0.466 e. The van der Waals surface area contributed by atoms with Crippen molar-refractivity contribution in [1.82, 2.24) is 0 Å². The number of epoxide rings is 1. The summed E-state index contributed by atoms with van der Waals surface area (Å²) in [5, 5.41) is 0. The van der Waals surface area contributed by atoms with Crippen molar-refractivity contribution >= 4 is 5.97 Å². The van der Waals surface area contributed by atoms with E-state index in [9.17, 15) is 4.79 Å². The predicted octanol–water partition coefficient (Wildman–Crippen LogP) is 8.92. The van der Waals surface area contributed by atoms with Crippen molar-refractivity contribution in [3.05, 3.63) is 0 Å². The van der Waals surface area contributed by atoms with Crippen LogP contribution in [0.3, 0.4) is 0 Å². The number of carbonyl (C=O) groups is 1. The summed E-state index contributed by atoms with van der Waals surface area (Å²) in [6.07, 6.45) is 28.7. The van der Waals surface area contributed by atoms with Gasteiger partial charge in [0.1, 0.15) is 0 Å². The number of hydrogen-bond acceptors (Lipinski definition) is 3. The molecule has 3 heteroatoms. The first-order valence-corrected chi connectivity index (χ1v) is 14.1. The van der Waals surface area contributed by atoms with Crippen LogP contribution in [0.15, 0.2) is 0 Å². The lowest BCUT2D eigenvalue weighted by Crippen LogP contribution is -2.05. The fourth-order valence-corrected chi connectivity index (χ4v) is 4.45. The van der Waals surface area contributed by atoms with Crippen molar-refractivity contribution < 1.29 is 14.3 Å². The molecule has 31 heavy (non-hydrogen) atoms. The third-order valence-corrected chi connectivity index (χ3v) is 6.66. The lowest BCUT2D eigenvalue weighted by Gasteiger charge is -2.05. The van der Waals surface area contributed by atoms with E-state index in [4.69, 9.17) is 9.47 Å². The van der Waals surface area contributed by atoms with Gasteiger partial charge in [-0.1, -0.05) is 123 Å². The standard InChI is InChI=1S/C28H54O3/c1-3-5-7-9-11-16-20-24-28(29)30-25-21-17-13-12-15-19-23-27-26(31-27)22-18-14-10-8-6-4-2/h26-27H,3-25H2,1-2H3/t26-,27+/m1/s1. The maximum Gasteiger partial charge on any atom is 0.305 e. The summed E-state index contributed by atoms with van der Waals surface area (Å²) in [6.45, 7) is 5.14. The van der Waals surface area contributed by atoms with Crippen LogP contribution in [0.4, 0.5) is 0 Å². The third-order valence-electron chi connectivity index (χ3n) is 6.66. The molecule has 0 bridgehead atoms. The molecule has 0 radical (unpaired) electrons. The molecule has 0 N–H and O–H groups in total. The molecule has 1 saturated heterocycles. The summed E-state index contributed by atoms with van der Waals surface area (Å²) in [5.41, 5.74) is 0. The molecule has 3 nitrogen and oxygen atoms in total. The van der Waals surface area contributed by atoms with Gasteiger partial charge >= 0.3 is 5.97 Å². The van der Waals surface area contributed by atoms with E-state index in [2.05, 4.69) is 13.8 Å². The lowest BCUT2D eigenvalue weighted by atomic mass is 10.0. The van der Waals surface area contributed by atoms with E-state index < -0.39 is 0 Å². The second-order valence-electron chi connectivity index (χ2n) is 9.77. The van der Waals surface area contributed by atoms with E-state index in [-0.39, 0.29) is 5.97 Å². The van der Waals surface area contributed by atoms with Crippen molar-refractivity contribution in [3.8, 4) is 0 Å². The fourth-order valence-electron chi connectivity index (χ4n) is 4.45. The molecule has 1 heterocycles. The maximum atomic E-state index is 11.7. The molecule has 1 rings (SSSR count). The van der Waals surface area contributed by atoms with Crippen LogP contribution >= 0.6 is 0 Å². The van der Waals surface area contributed by atoms with Crippen LogP contribution in [0, 0.1) is 0 Å². The molecular weight excluding hydrogens is 384 g/mol. The summed E-state index contributed by atoms with van der Waals surface area (Å²) in [5.74, 6) is 0.00788. The van der Waals surface area contributed by atoms with Crippen LogP contribution in [-0.2, 0) is 14.3 Å². The van der Waals surface area contributed by atoms with Gasteiger partial charge < -0.3 is 9.47 Å². The van der Waals surface area contributed by atoms with Crippen LogP contribution in [0.25, 0.3) is 0 Å². The normalized spacial score (nSPS) is 17.7. The Labute approximate surface area is 194 Å². The highest BCUT2D eigenvalue weighted by Crippen LogP contribution is 2.31. The highest BCUT2D eigenvalue weighted by Gasteiger charge is 2.36. The van der Waals surface area contributed by atoms with Gasteiger partial charge in [-0.2, -0.15) is 0 Å². The fraction of sp³-hybridized carbons (Fsp3) is 0.964. The van der Waals surface area contributed by atoms with Crippen LogP contribution in [-0.4, -0.2) is 24.8 Å². The van der Waals surface area contributed by atoms with Gasteiger partial charge in [0.15, 0.2) is 0 Å². The molecule has 0 aliphatic carbocycles. The molecule has 1 aliphatic heterocycles. The number of unbranched alkanes of at least 4 members (excludes halogenated alkanes) is 16. The minimum Gasteiger partial charge on any atom is -0.466 e. The Morgan fingerprint density at radius 1 is 0.581 bits per heavy atom. The Balaban J connectivity index is 1.73. The monoisotopic (exact) mass is 438 g/mol. The minimum atomic E-state index is 0.00788. The van der Waals surface area contributed by atoms with E-state index in [1.54, 1.807) is 0 Å². The first-order chi connectivity index (χ1) is 15.3. The number of rotatable bonds is 24. The van der Waals surface area contributed by atoms with Crippen LogP contribution < -0.4 is 0 Å². The van der Waals surface area contributed by atoms with Crippen molar-refractivity contribution in [1.29, 1.82) is 0 Å². The molecule has 0 amide bonds. The topological polar surface area (TPSA) is 38.8 Å². The number of ether oxygens (including phenoxy) is 2. The van der Waals surface area contributed by atoms with Gasteiger partial charge in [0.25, 0.3) is 0 Å². The molecule has 0 aromatic rings. The van der Waals surface area contributed by atoms with Gasteiger partial charge in [-0.3, -0.25) is 4.79 Å². The van der Waals surface area contributed by atoms with Crippen molar-refractivity contribution in [2.24, 2.45) is 0 Å². The maximum absolute atomic E-state index is 11.7. The van der Waals surface area contributed by atoms with Crippen LogP contribution in [0.5, 0.6) is 0 Å². The van der Waals surface area contributed by atoms with Crippen molar-refractivity contribution in [3.63, 3.8) is 0 Å². The Kier molecular flexibility index (Phi) is 19.5. The highest BCUT2D eigenvalue weighted by atomic mass is 16.6. The van der Waals surface area contributed by atoms with Crippen molar-refractivity contribution in [2.45, 2.75) is 167 Å². The average molecular weight is 439 g/mol. The summed E-state index contributed by atoms with van der Waals surface area (Å²) >= 11 is 0. The van der Waals surface area contributed by atoms with E-state index in [1.807, 2.05) is 0 Å². The lowest BCUT2D eigenvalue weighted by molar-refractivity contribution is -0.143. The highest BCUT2D eigenvalue weighted by molar-refractivity contribution is 5.69. The second kappa shape index (κ2) is 21.3. The zero-order valence-electron chi connectivity index (χ0n) is 21.1. The molecule has 0 spiro atoms. The van der Waals surface area contributed by atoms with Gasteiger partial charge in [-0.15, -0.1) is 0 Å². The Hall–Kier alpha value is -0.570. The van der Waals surface area contributed by atoms with E-state index >= 15 is 0 Å². The Bertz CT molecular complexity index is 396. The SMILES string of the molecule is CCCCCCCCCC(=O)OCCCCCCCC[C@@H]1O[C@@H]1CCCCCCCC. The number of esters is 1. The molecule has 0 aromatic carbocycles.